The molecule has 2 heteroatoms. The molecule has 0 bridgehead atoms. The smallest absolute Gasteiger partial charge is 0.144 e. The van der Waals surface area contributed by atoms with Gasteiger partial charge in [0, 0.05) is 38.4 Å². The van der Waals surface area contributed by atoms with Gasteiger partial charge in [-0.3, -0.25) is 0 Å². The summed E-state index contributed by atoms with van der Waals surface area (Å²) in [6.07, 6.45) is 0. The van der Waals surface area contributed by atoms with Crippen LogP contribution in [0.25, 0.3) is 93.2 Å². The van der Waals surface area contributed by atoms with Gasteiger partial charge in [-0.25, -0.2) is 0 Å². The van der Waals surface area contributed by atoms with E-state index in [4.69, 9.17) is 11.3 Å². The van der Waals surface area contributed by atoms with Crippen molar-refractivity contribution in [2.75, 3.05) is 0 Å². The van der Waals surface area contributed by atoms with Crippen molar-refractivity contribution in [3.63, 3.8) is 0 Å². The molecule has 2 nitrogen and oxygen atoms in total. The van der Waals surface area contributed by atoms with Gasteiger partial charge in [-0.2, -0.15) is 0 Å². The lowest BCUT2D eigenvalue weighted by atomic mass is 9.86. The van der Waals surface area contributed by atoms with E-state index in [-0.39, 0.29) is 34.5 Å². The summed E-state index contributed by atoms with van der Waals surface area (Å²) in [5.74, 6) is 0. The maximum Gasteiger partial charge on any atom is 0.144 e. The predicted molar refractivity (Wildman–Crippen MR) is 194 cm³/mol. The van der Waals surface area contributed by atoms with Gasteiger partial charge in [0.05, 0.1) is 20.6 Å². The van der Waals surface area contributed by atoms with Crippen LogP contribution in [-0.4, -0.2) is 4.57 Å². The highest BCUT2D eigenvalue weighted by molar-refractivity contribution is 6.29. The summed E-state index contributed by atoms with van der Waals surface area (Å²) in [5, 5.41) is 4.88. The summed E-state index contributed by atoms with van der Waals surface area (Å²) in [4.78, 5) is 0. The van der Waals surface area contributed by atoms with Gasteiger partial charge < -0.3 is 8.98 Å². The summed E-state index contributed by atoms with van der Waals surface area (Å²) in [7, 11) is 0. The first kappa shape index (κ1) is 19.3. The number of benzene rings is 8. The molecule has 10 rings (SSSR count). The van der Waals surface area contributed by atoms with Gasteiger partial charge in [0.1, 0.15) is 11.2 Å². The van der Waals surface area contributed by atoms with E-state index in [0.29, 0.717) is 22.1 Å². The molecular weight excluding hydrogens is 558 g/mol. The summed E-state index contributed by atoms with van der Waals surface area (Å²) >= 11 is 0. The highest BCUT2D eigenvalue weighted by Gasteiger charge is 2.25. The zero-order valence-corrected chi connectivity index (χ0v) is 24.4. The van der Waals surface area contributed by atoms with Crippen LogP contribution < -0.4 is 0 Å². The minimum absolute atomic E-state index is 0.0837. The maximum absolute atomic E-state index is 9.55. The molecule has 10 aromatic rings. The van der Waals surface area contributed by atoms with Crippen molar-refractivity contribution >= 4 is 65.3 Å². The fourth-order valence-electron chi connectivity index (χ4n) is 7.16. The summed E-state index contributed by atoms with van der Waals surface area (Å²) in [5.41, 5.74) is 6.73. The first-order valence-corrected chi connectivity index (χ1v) is 15.2. The van der Waals surface area contributed by atoms with Crippen LogP contribution >= 0.6 is 0 Å². The first-order chi connectivity index (χ1) is 25.8. The van der Waals surface area contributed by atoms with Crippen LogP contribution in [0.3, 0.4) is 0 Å². The van der Waals surface area contributed by atoms with Crippen LogP contribution in [0.15, 0.2) is 168 Å². The summed E-state index contributed by atoms with van der Waals surface area (Å²) < 4.78 is 71.2. The molecule has 0 amide bonds. The molecule has 0 saturated heterocycles. The molecule has 0 fully saturated rings. The van der Waals surface area contributed by atoms with Crippen LogP contribution in [0.2, 0.25) is 0 Å². The van der Waals surface area contributed by atoms with E-state index in [9.17, 15) is 2.74 Å². The molecule has 0 spiro atoms. The van der Waals surface area contributed by atoms with Crippen LogP contribution in [0, 0.1) is 0 Å². The van der Waals surface area contributed by atoms with E-state index in [2.05, 4.69) is 47.0 Å². The van der Waals surface area contributed by atoms with E-state index in [1.165, 1.54) is 0 Å². The average Bonchev–Trinajstić information content (AvgIpc) is 3.74. The number of fused-ring (bicyclic) bond motifs is 8. The predicted octanol–water partition coefficient (Wildman–Crippen LogP) is 12.3. The second-order valence-corrected chi connectivity index (χ2v) is 11.5. The molecule has 0 radical (unpaired) electrons. The normalized spacial score (nSPS) is 14.0. The van der Waals surface area contributed by atoms with Crippen molar-refractivity contribution in [2.45, 2.75) is 0 Å². The van der Waals surface area contributed by atoms with Crippen LogP contribution in [0.5, 0.6) is 0 Å². The molecule has 2 heterocycles. The van der Waals surface area contributed by atoms with Gasteiger partial charge in [0.15, 0.2) is 0 Å². The molecule has 0 atom stereocenters. The zero-order valence-electron chi connectivity index (χ0n) is 31.4. The van der Waals surface area contributed by atoms with Crippen molar-refractivity contribution in [3.05, 3.63) is 164 Å². The minimum atomic E-state index is -0.497. The highest BCUT2D eigenvalue weighted by Crippen LogP contribution is 2.50. The average molecular weight is 593 g/mol. The second kappa shape index (κ2) is 9.69. The van der Waals surface area contributed by atoms with Gasteiger partial charge in [-0.05, 0) is 69.0 Å². The third kappa shape index (κ3) is 3.53. The number of aromatic nitrogens is 1. The molecule has 0 aliphatic rings. The molecule has 46 heavy (non-hydrogen) atoms. The van der Waals surface area contributed by atoms with E-state index >= 15 is 0 Å². The van der Waals surface area contributed by atoms with Crippen LogP contribution in [0.1, 0.15) is 9.60 Å². The zero-order chi connectivity index (χ0) is 36.3. The molecule has 8 aromatic carbocycles. The molecule has 0 aliphatic heterocycles. The number of hydrogen-bond acceptors (Lipinski definition) is 1. The Labute approximate surface area is 275 Å². The summed E-state index contributed by atoms with van der Waals surface area (Å²) in [6.45, 7) is 0. The van der Waals surface area contributed by atoms with Crippen molar-refractivity contribution < 1.29 is 14.0 Å². The molecule has 0 saturated carbocycles. The van der Waals surface area contributed by atoms with Gasteiger partial charge in [0.2, 0.25) is 0 Å². The van der Waals surface area contributed by atoms with Crippen molar-refractivity contribution in [3.8, 4) is 27.9 Å². The Morgan fingerprint density at radius 1 is 0.500 bits per heavy atom. The lowest BCUT2D eigenvalue weighted by molar-refractivity contribution is 0.670. The fraction of sp³-hybridized carbons (Fsp3) is 0. The van der Waals surface area contributed by atoms with Gasteiger partial charge >= 0.3 is 0 Å². The largest absolute Gasteiger partial charge is 0.455 e. The van der Waals surface area contributed by atoms with Crippen LogP contribution in [0.4, 0.5) is 0 Å². The maximum atomic E-state index is 9.55. The molecule has 2 aromatic heterocycles. The Morgan fingerprint density at radius 2 is 1.17 bits per heavy atom. The SMILES string of the molecule is [2H]c1c([2H])c([2H])c2c([2H])c(-c3c4ccccc4c(-c4cccc5c4c4ccccc4n5-c4ccccc4)c4oc5ccccc5c34)c([2H])c([2H])c2c1[2H]. The lowest BCUT2D eigenvalue weighted by Crippen LogP contribution is -1.93. The molecule has 214 valence electrons. The lowest BCUT2D eigenvalue weighted by Gasteiger charge is -2.16. The number of nitrogens with zero attached hydrogens (tertiary/aromatic N) is 1. The number of para-hydroxylation sites is 3. The molecular formula is C44H27NO. The Balaban J connectivity index is 1.43. The number of furan rings is 1. The Bertz CT molecular complexity index is 3200. The van der Waals surface area contributed by atoms with E-state index < -0.39 is 24.2 Å². The molecule has 0 unspecified atom stereocenters. The topological polar surface area (TPSA) is 18.1 Å². The van der Waals surface area contributed by atoms with Crippen molar-refractivity contribution in [2.24, 2.45) is 0 Å². The quantitative estimate of drug-likeness (QED) is 0.200. The van der Waals surface area contributed by atoms with Crippen molar-refractivity contribution in [1.82, 2.24) is 4.57 Å². The number of rotatable bonds is 3. The second-order valence-electron chi connectivity index (χ2n) is 11.5. The Kier molecular flexibility index (Phi) is 4.07. The molecule has 0 aliphatic carbocycles. The highest BCUT2D eigenvalue weighted by atomic mass is 16.3. The van der Waals surface area contributed by atoms with Crippen molar-refractivity contribution in [1.29, 1.82) is 0 Å². The first-order valence-electron chi connectivity index (χ1n) is 18.7. The van der Waals surface area contributed by atoms with Gasteiger partial charge in [-0.15, -0.1) is 0 Å². The van der Waals surface area contributed by atoms with E-state index in [1.807, 2.05) is 78.9 Å². The van der Waals surface area contributed by atoms with Gasteiger partial charge in [-0.1, -0.05) is 127 Å². The molecule has 0 N–H and O–H groups in total. The third-order valence-corrected chi connectivity index (χ3v) is 9.02. The van der Waals surface area contributed by atoms with E-state index in [1.54, 1.807) is 0 Å². The minimum Gasteiger partial charge on any atom is -0.455 e. The standard InChI is InChI=1S/C44H27NO/c1-2-15-31(16-3-1)45-37-22-10-8-19-34(37)41-36(21-12-23-38(41)45)42-33-18-7-6-17-32(33)40(30-26-25-28-13-4-5-14-29(28)27-30)43-35-20-9-11-24-39(35)46-44(42)43/h1-27H/i4D,5D,13D,14D,25D,26D,27D. The monoisotopic (exact) mass is 592 g/mol. The fourth-order valence-corrected chi connectivity index (χ4v) is 7.16. The third-order valence-electron chi connectivity index (χ3n) is 9.02. The summed E-state index contributed by atoms with van der Waals surface area (Å²) in [6, 6.07) is 37.7. The Morgan fingerprint density at radius 3 is 2.02 bits per heavy atom. The Hall–Kier alpha value is -6.12. The van der Waals surface area contributed by atoms with Gasteiger partial charge in [0.25, 0.3) is 0 Å². The number of hydrogen-bond donors (Lipinski definition) is 0. The van der Waals surface area contributed by atoms with E-state index in [0.717, 1.165) is 54.8 Å². The van der Waals surface area contributed by atoms with Crippen LogP contribution in [-0.2, 0) is 0 Å².